The van der Waals surface area contributed by atoms with Gasteiger partial charge >= 0.3 is 0 Å². The third kappa shape index (κ3) is 2.26. The molecule has 1 rings (SSSR count). The van der Waals surface area contributed by atoms with Crippen molar-refractivity contribution < 1.29 is 4.74 Å². The van der Waals surface area contributed by atoms with Gasteiger partial charge in [0.1, 0.15) is 6.73 Å². The number of rotatable bonds is 3. The third-order valence-electron chi connectivity index (χ3n) is 1.03. The van der Waals surface area contributed by atoms with E-state index in [1.807, 2.05) is 13.1 Å². The van der Waals surface area contributed by atoms with Crippen LogP contribution >= 0.6 is 22.6 Å². The number of aromatic nitrogens is 2. The minimum absolute atomic E-state index is 0.555. The zero-order valence-electron chi connectivity index (χ0n) is 5.75. The van der Waals surface area contributed by atoms with Crippen LogP contribution in [0, 0.1) is 3.57 Å². The molecule has 10 heavy (non-hydrogen) atoms. The largest absolute Gasteiger partial charge is 0.360 e. The normalized spacial score (nSPS) is 10.2. The van der Waals surface area contributed by atoms with Crippen LogP contribution < -0.4 is 0 Å². The maximum absolute atomic E-state index is 5.13. The topological polar surface area (TPSA) is 27.1 Å². The molecule has 0 N–H and O–H groups in total. The van der Waals surface area contributed by atoms with Crippen molar-refractivity contribution in [2.24, 2.45) is 0 Å². The fourth-order valence-corrected chi connectivity index (χ4v) is 1.04. The van der Waals surface area contributed by atoms with Crippen molar-refractivity contribution in [3.8, 4) is 0 Å². The van der Waals surface area contributed by atoms with Gasteiger partial charge in [-0.2, -0.15) is 5.10 Å². The minimum Gasteiger partial charge on any atom is -0.360 e. The summed E-state index contributed by atoms with van der Waals surface area (Å²) in [6, 6.07) is 0. The Morgan fingerprint density at radius 3 is 3.10 bits per heavy atom. The zero-order valence-corrected chi connectivity index (χ0v) is 7.91. The van der Waals surface area contributed by atoms with E-state index in [0.29, 0.717) is 6.73 Å². The van der Waals surface area contributed by atoms with Crippen molar-refractivity contribution in [3.63, 3.8) is 0 Å². The van der Waals surface area contributed by atoms with Gasteiger partial charge < -0.3 is 4.74 Å². The molecular weight excluding hydrogens is 243 g/mol. The smallest absolute Gasteiger partial charge is 0.139 e. The van der Waals surface area contributed by atoms with Gasteiger partial charge in [0, 0.05) is 12.8 Å². The van der Waals surface area contributed by atoms with Gasteiger partial charge in [-0.1, -0.05) is 0 Å². The molecule has 0 aliphatic carbocycles. The molecule has 0 aromatic carbocycles. The summed E-state index contributed by atoms with van der Waals surface area (Å²) in [5, 5.41) is 4.04. The first kappa shape index (κ1) is 8.00. The van der Waals surface area contributed by atoms with Gasteiger partial charge in [0.25, 0.3) is 0 Å². The monoisotopic (exact) mass is 252 g/mol. The maximum atomic E-state index is 5.13. The molecule has 0 fully saturated rings. The number of ether oxygens (including phenoxy) is 1. The van der Waals surface area contributed by atoms with E-state index in [4.69, 9.17) is 4.74 Å². The van der Waals surface area contributed by atoms with Crippen LogP contribution in [-0.4, -0.2) is 16.4 Å². The van der Waals surface area contributed by atoms with Crippen molar-refractivity contribution in [3.05, 3.63) is 16.0 Å². The number of halogens is 1. The molecule has 0 radical (unpaired) electrons. The van der Waals surface area contributed by atoms with Crippen LogP contribution in [0.2, 0.25) is 0 Å². The number of nitrogens with zero attached hydrogens (tertiary/aromatic N) is 2. The summed E-state index contributed by atoms with van der Waals surface area (Å²) < 4.78 is 8.04. The number of hydrogen-bond donors (Lipinski definition) is 0. The molecule has 0 spiro atoms. The van der Waals surface area contributed by atoms with Crippen LogP contribution in [0.25, 0.3) is 0 Å². The Bertz CT molecular complexity index is 199. The Hall–Kier alpha value is -0.100. The Morgan fingerprint density at radius 1 is 1.80 bits per heavy atom. The summed E-state index contributed by atoms with van der Waals surface area (Å²) in [7, 11) is 0. The Morgan fingerprint density at radius 2 is 2.60 bits per heavy atom. The highest BCUT2D eigenvalue weighted by Crippen LogP contribution is 2.00. The molecule has 0 aliphatic heterocycles. The standard InChI is InChI=1S/C6H9IN2O/c1-2-10-5-9-4-6(7)3-8-9/h3-4H,2,5H2,1H3. The van der Waals surface area contributed by atoms with Gasteiger partial charge in [0.15, 0.2) is 0 Å². The molecule has 1 aromatic rings. The summed E-state index contributed by atoms with van der Waals surface area (Å²) in [4.78, 5) is 0. The van der Waals surface area contributed by atoms with Gasteiger partial charge in [-0.3, -0.25) is 0 Å². The second-order valence-corrected chi connectivity index (χ2v) is 3.07. The SMILES string of the molecule is CCOCn1cc(I)cn1. The molecule has 0 atom stereocenters. The van der Waals surface area contributed by atoms with Crippen molar-refractivity contribution in [1.29, 1.82) is 0 Å². The molecule has 3 nitrogen and oxygen atoms in total. The van der Waals surface area contributed by atoms with Crippen LogP contribution in [0.4, 0.5) is 0 Å². The van der Waals surface area contributed by atoms with E-state index >= 15 is 0 Å². The first-order chi connectivity index (χ1) is 4.83. The summed E-state index contributed by atoms with van der Waals surface area (Å²) in [6.07, 6.45) is 3.75. The second-order valence-electron chi connectivity index (χ2n) is 1.82. The van der Waals surface area contributed by atoms with E-state index in [2.05, 4.69) is 27.7 Å². The highest BCUT2D eigenvalue weighted by Gasteiger charge is 1.91. The van der Waals surface area contributed by atoms with E-state index < -0.39 is 0 Å². The lowest BCUT2D eigenvalue weighted by Gasteiger charge is -1.98. The van der Waals surface area contributed by atoms with Crippen molar-refractivity contribution in [1.82, 2.24) is 9.78 Å². The molecule has 0 amide bonds. The van der Waals surface area contributed by atoms with E-state index in [1.165, 1.54) is 0 Å². The number of hydrogen-bond acceptors (Lipinski definition) is 2. The molecule has 1 heterocycles. The summed E-state index contributed by atoms with van der Waals surface area (Å²) in [6.45, 7) is 3.25. The van der Waals surface area contributed by atoms with Crippen LogP contribution in [0.1, 0.15) is 6.92 Å². The lowest BCUT2D eigenvalue weighted by Crippen LogP contribution is -2.01. The zero-order chi connectivity index (χ0) is 7.40. The first-order valence-electron chi connectivity index (χ1n) is 3.08. The minimum atomic E-state index is 0.555. The van der Waals surface area contributed by atoms with Crippen LogP contribution in [0.3, 0.4) is 0 Å². The lowest BCUT2D eigenvalue weighted by atomic mass is 10.7. The second kappa shape index (κ2) is 3.92. The quantitative estimate of drug-likeness (QED) is 0.762. The van der Waals surface area contributed by atoms with Gasteiger partial charge in [-0.25, -0.2) is 4.68 Å². The fraction of sp³-hybridized carbons (Fsp3) is 0.500. The van der Waals surface area contributed by atoms with Crippen LogP contribution in [0.5, 0.6) is 0 Å². The Labute approximate surface area is 73.5 Å². The predicted octanol–water partition coefficient (Wildman–Crippen LogP) is 1.48. The predicted molar refractivity (Wildman–Crippen MR) is 46.6 cm³/mol. The van der Waals surface area contributed by atoms with Crippen LogP contribution in [0.15, 0.2) is 12.4 Å². The molecule has 0 unspecified atom stereocenters. The highest BCUT2D eigenvalue weighted by atomic mass is 127. The van der Waals surface area contributed by atoms with E-state index in [-0.39, 0.29) is 0 Å². The van der Waals surface area contributed by atoms with Gasteiger partial charge in [-0.05, 0) is 29.5 Å². The molecule has 0 bridgehead atoms. The molecule has 56 valence electrons. The molecule has 0 saturated carbocycles. The van der Waals surface area contributed by atoms with Crippen molar-refractivity contribution in [2.45, 2.75) is 13.7 Å². The first-order valence-corrected chi connectivity index (χ1v) is 4.16. The van der Waals surface area contributed by atoms with Gasteiger partial charge in [0.2, 0.25) is 0 Å². The fourth-order valence-electron chi connectivity index (χ4n) is 0.594. The maximum Gasteiger partial charge on any atom is 0.139 e. The average Bonchev–Trinajstić information content (AvgIpc) is 2.31. The molecule has 0 aliphatic rings. The molecule has 4 heteroatoms. The van der Waals surface area contributed by atoms with E-state index in [0.717, 1.165) is 10.2 Å². The average molecular weight is 252 g/mol. The van der Waals surface area contributed by atoms with Crippen molar-refractivity contribution in [2.75, 3.05) is 6.61 Å². The van der Waals surface area contributed by atoms with E-state index in [1.54, 1.807) is 10.9 Å². The summed E-state index contributed by atoms with van der Waals surface area (Å²) >= 11 is 2.21. The van der Waals surface area contributed by atoms with Gasteiger partial charge in [-0.15, -0.1) is 0 Å². The Balaban J connectivity index is 2.42. The lowest BCUT2D eigenvalue weighted by molar-refractivity contribution is 0.0791. The summed E-state index contributed by atoms with van der Waals surface area (Å²) in [5.74, 6) is 0. The third-order valence-corrected chi connectivity index (χ3v) is 1.59. The van der Waals surface area contributed by atoms with Crippen LogP contribution in [-0.2, 0) is 11.5 Å². The van der Waals surface area contributed by atoms with Gasteiger partial charge in [0.05, 0.1) is 9.77 Å². The summed E-state index contributed by atoms with van der Waals surface area (Å²) in [5.41, 5.74) is 0. The highest BCUT2D eigenvalue weighted by molar-refractivity contribution is 14.1. The van der Waals surface area contributed by atoms with E-state index in [9.17, 15) is 0 Å². The molecular formula is C6H9IN2O. The molecule has 0 saturated heterocycles. The molecule has 1 aromatic heterocycles. The van der Waals surface area contributed by atoms with Crippen molar-refractivity contribution >= 4 is 22.6 Å². The Kier molecular flexibility index (Phi) is 3.14.